The van der Waals surface area contributed by atoms with Crippen LogP contribution < -0.4 is 9.62 Å². The second kappa shape index (κ2) is 8.31. The van der Waals surface area contributed by atoms with Gasteiger partial charge >= 0.3 is 0 Å². The maximum atomic E-state index is 12.3. The number of aryl methyl sites for hydroxylation is 2. The van der Waals surface area contributed by atoms with Gasteiger partial charge in [0, 0.05) is 20.3 Å². The number of nitrogens with one attached hydrogen (secondary N) is 1. The molecule has 23 heavy (non-hydrogen) atoms. The number of methoxy groups -OCH3 is 1. The molecule has 0 aliphatic carbocycles. The average molecular weight is 342 g/mol. The van der Waals surface area contributed by atoms with Crippen LogP contribution in [0, 0.1) is 13.8 Å². The molecule has 0 fully saturated rings. The van der Waals surface area contributed by atoms with E-state index in [0.717, 1.165) is 17.4 Å². The lowest BCUT2D eigenvalue weighted by molar-refractivity contribution is -0.121. The molecule has 1 aromatic carbocycles. The molecule has 0 saturated carbocycles. The molecule has 0 saturated heterocycles. The summed E-state index contributed by atoms with van der Waals surface area (Å²) in [6.45, 7) is 6.30. The van der Waals surface area contributed by atoms with Gasteiger partial charge in [0.1, 0.15) is 6.04 Å². The number of anilines is 1. The van der Waals surface area contributed by atoms with Gasteiger partial charge in [-0.05, 0) is 44.4 Å². The Morgan fingerprint density at radius 2 is 2.00 bits per heavy atom. The van der Waals surface area contributed by atoms with Gasteiger partial charge in [-0.2, -0.15) is 0 Å². The summed E-state index contributed by atoms with van der Waals surface area (Å²) in [6, 6.07) is 4.72. The number of amides is 1. The molecule has 0 unspecified atom stereocenters. The van der Waals surface area contributed by atoms with Gasteiger partial charge < -0.3 is 10.1 Å². The zero-order valence-electron chi connectivity index (χ0n) is 14.4. The number of hydrogen-bond donors (Lipinski definition) is 1. The standard InChI is InChI=1S/C16H26N2O4S/c1-12-7-8-13(2)15(11-12)18(23(5,20)21)14(3)16(19)17-9-6-10-22-4/h7-8,11,14H,6,9-10H2,1-5H3,(H,17,19)/t14-/m0/s1. The Morgan fingerprint density at radius 3 is 2.57 bits per heavy atom. The fourth-order valence-electron chi connectivity index (χ4n) is 2.31. The molecule has 0 aliphatic rings. The second-order valence-corrected chi connectivity index (χ2v) is 7.52. The van der Waals surface area contributed by atoms with Crippen molar-refractivity contribution < 1.29 is 17.9 Å². The van der Waals surface area contributed by atoms with E-state index in [4.69, 9.17) is 4.74 Å². The lowest BCUT2D eigenvalue weighted by Crippen LogP contribution is -2.48. The first-order valence-electron chi connectivity index (χ1n) is 7.51. The van der Waals surface area contributed by atoms with Gasteiger partial charge in [0.2, 0.25) is 15.9 Å². The van der Waals surface area contributed by atoms with Crippen molar-refractivity contribution in [2.45, 2.75) is 33.2 Å². The van der Waals surface area contributed by atoms with Crippen LogP contribution in [0.5, 0.6) is 0 Å². The van der Waals surface area contributed by atoms with E-state index in [0.29, 0.717) is 25.3 Å². The van der Waals surface area contributed by atoms with Crippen molar-refractivity contribution >= 4 is 21.6 Å². The molecule has 1 N–H and O–H groups in total. The number of hydrogen-bond acceptors (Lipinski definition) is 4. The minimum Gasteiger partial charge on any atom is -0.385 e. The maximum Gasteiger partial charge on any atom is 0.243 e. The van der Waals surface area contributed by atoms with Crippen molar-refractivity contribution in [1.29, 1.82) is 0 Å². The number of carbonyl (C=O) groups is 1. The van der Waals surface area contributed by atoms with Gasteiger partial charge in [-0.15, -0.1) is 0 Å². The summed E-state index contributed by atoms with van der Waals surface area (Å²) in [4.78, 5) is 12.3. The Morgan fingerprint density at radius 1 is 1.35 bits per heavy atom. The minimum atomic E-state index is -3.59. The van der Waals surface area contributed by atoms with Crippen LogP contribution in [-0.4, -0.2) is 46.9 Å². The number of nitrogens with zero attached hydrogens (tertiary/aromatic N) is 1. The minimum absolute atomic E-state index is 0.326. The smallest absolute Gasteiger partial charge is 0.243 e. The molecule has 1 atom stereocenters. The molecule has 0 heterocycles. The maximum absolute atomic E-state index is 12.3. The first-order chi connectivity index (χ1) is 10.7. The van der Waals surface area contributed by atoms with E-state index in [9.17, 15) is 13.2 Å². The quantitative estimate of drug-likeness (QED) is 0.728. The predicted octanol–water partition coefficient (Wildman–Crippen LogP) is 1.61. The molecule has 6 nitrogen and oxygen atoms in total. The predicted molar refractivity (Wildman–Crippen MR) is 92.2 cm³/mol. The first kappa shape index (κ1) is 19.4. The molecular weight excluding hydrogens is 316 g/mol. The van der Waals surface area contributed by atoms with Crippen molar-refractivity contribution in [2.24, 2.45) is 0 Å². The van der Waals surface area contributed by atoms with Gasteiger partial charge in [-0.25, -0.2) is 8.42 Å². The molecular formula is C16H26N2O4S. The summed E-state index contributed by atoms with van der Waals surface area (Å²) in [5, 5.41) is 2.75. The van der Waals surface area contributed by atoms with Crippen molar-refractivity contribution in [1.82, 2.24) is 5.32 Å². The number of carbonyl (C=O) groups excluding carboxylic acids is 1. The Balaban J connectivity index is 3.03. The number of benzene rings is 1. The van der Waals surface area contributed by atoms with Crippen LogP contribution in [-0.2, 0) is 19.6 Å². The number of rotatable bonds is 8. The number of sulfonamides is 1. The van der Waals surface area contributed by atoms with Crippen LogP contribution >= 0.6 is 0 Å². The molecule has 0 bridgehead atoms. The molecule has 0 aliphatic heterocycles. The third-order valence-corrected chi connectivity index (χ3v) is 4.74. The van der Waals surface area contributed by atoms with Crippen LogP contribution in [0.25, 0.3) is 0 Å². The van der Waals surface area contributed by atoms with Crippen LogP contribution in [0.15, 0.2) is 18.2 Å². The number of ether oxygens (including phenoxy) is 1. The summed E-state index contributed by atoms with van der Waals surface area (Å²) >= 11 is 0. The first-order valence-corrected chi connectivity index (χ1v) is 9.36. The van der Waals surface area contributed by atoms with Gasteiger partial charge in [0.05, 0.1) is 11.9 Å². The van der Waals surface area contributed by atoms with E-state index in [-0.39, 0.29) is 5.91 Å². The largest absolute Gasteiger partial charge is 0.385 e. The van der Waals surface area contributed by atoms with E-state index < -0.39 is 16.1 Å². The summed E-state index contributed by atoms with van der Waals surface area (Å²) < 4.78 is 30.6. The van der Waals surface area contributed by atoms with Crippen molar-refractivity contribution in [3.8, 4) is 0 Å². The monoisotopic (exact) mass is 342 g/mol. The normalized spacial score (nSPS) is 12.7. The fraction of sp³-hybridized carbons (Fsp3) is 0.562. The van der Waals surface area contributed by atoms with Crippen molar-refractivity contribution in [3.63, 3.8) is 0 Å². The highest BCUT2D eigenvalue weighted by molar-refractivity contribution is 7.92. The molecule has 0 radical (unpaired) electrons. The fourth-order valence-corrected chi connectivity index (χ4v) is 3.54. The molecule has 130 valence electrons. The van der Waals surface area contributed by atoms with Crippen LogP contribution in [0.1, 0.15) is 24.5 Å². The van der Waals surface area contributed by atoms with Gasteiger partial charge in [-0.1, -0.05) is 12.1 Å². The summed E-state index contributed by atoms with van der Waals surface area (Å²) in [5.41, 5.74) is 2.28. The Hall–Kier alpha value is -1.60. The molecule has 1 aromatic rings. The average Bonchev–Trinajstić information content (AvgIpc) is 2.45. The summed E-state index contributed by atoms with van der Waals surface area (Å²) in [6.07, 6.45) is 1.79. The van der Waals surface area contributed by atoms with Crippen LogP contribution in [0.2, 0.25) is 0 Å². The highest BCUT2D eigenvalue weighted by atomic mass is 32.2. The Kier molecular flexibility index (Phi) is 7.02. The molecule has 0 aromatic heterocycles. The van der Waals surface area contributed by atoms with Gasteiger partial charge in [-0.3, -0.25) is 9.10 Å². The highest BCUT2D eigenvalue weighted by Gasteiger charge is 2.29. The lowest BCUT2D eigenvalue weighted by atomic mass is 10.1. The SMILES string of the molecule is COCCCNC(=O)[C@H](C)N(c1cc(C)ccc1C)S(C)(=O)=O. The van der Waals surface area contributed by atoms with E-state index in [1.165, 1.54) is 4.31 Å². The van der Waals surface area contributed by atoms with E-state index in [1.807, 2.05) is 26.0 Å². The van der Waals surface area contributed by atoms with E-state index >= 15 is 0 Å². The zero-order chi connectivity index (χ0) is 17.6. The lowest BCUT2D eigenvalue weighted by Gasteiger charge is -2.29. The zero-order valence-corrected chi connectivity index (χ0v) is 15.2. The van der Waals surface area contributed by atoms with E-state index in [2.05, 4.69) is 5.32 Å². The highest BCUT2D eigenvalue weighted by Crippen LogP contribution is 2.26. The molecule has 7 heteroatoms. The summed E-state index contributed by atoms with van der Waals surface area (Å²) in [5.74, 6) is -0.326. The Labute approximate surface area is 138 Å². The topological polar surface area (TPSA) is 75.7 Å². The summed E-state index contributed by atoms with van der Waals surface area (Å²) in [7, 11) is -2.00. The molecule has 1 amide bonds. The van der Waals surface area contributed by atoms with Crippen molar-refractivity contribution in [3.05, 3.63) is 29.3 Å². The van der Waals surface area contributed by atoms with Crippen molar-refractivity contribution in [2.75, 3.05) is 30.8 Å². The molecule has 0 spiro atoms. The Bertz CT molecular complexity index is 643. The van der Waals surface area contributed by atoms with Gasteiger partial charge in [0.25, 0.3) is 0 Å². The second-order valence-electron chi connectivity index (χ2n) is 5.66. The molecule has 1 rings (SSSR count). The van der Waals surface area contributed by atoms with Gasteiger partial charge in [0.15, 0.2) is 0 Å². The van der Waals surface area contributed by atoms with Crippen LogP contribution in [0.3, 0.4) is 0 Å². The van der Waals surface area contributed by atoms with Crippen LogP contribution in [0.4, 0.5) is 5.69 Å². The third-order valence-electron chi connectivity index (χ3n) is 3.52. The third kappa shape index (κ3) is 5.51. The van der Waals surface area contributed by atoms with E-state index in [1.54, 1.807) is 20.1 Å².